The molecule has 1 N–H and O–H groups in total. The summed E-state index contributed by atoms with van der Waals surface area (Å²) in [4.78, 5) is 15.0. The van der Waals surface area contributed by atoms with Crippen LogP contribution in [0.5, 0.6) is 0 Å². The molecule has 1 aromatic heterocycles. The summed E-state index contributed by atoms with van der Waals surface area (Å²) in [5.41, 5.74) is 3.92. The molecular formula is C20H26N4O. The molecule has 25 heavy (non-hydrogen) atoms. The first-order chi connectivity index (χ1) is 12.2. The second-order valence-electron chi connectivity index (χ2n) is 7.25. The molecule has 1 atom stereocenters. The SMILES string of the molecule is Cn1cc(CCNC(=O)N(C2CC2)C2CCCc3ccccc32)cn1. The Morgan fingerprint density at radius 2 is 2.16 bits per heavy atom. The number of carbonyl (C=O) groups is 1. The molecule has 5 nitrogen and oxygen atoms in total. The van der Waals surface area contributed by atoms with Crippen molar-refractivity contribution >= 4 is 6.03 Å². The molecule has 0 spiro atoms. The van der Waals surface area contributed by atoms with Crippen molar-refractivity contribution in [1.82, 2.24) is 20.0 Å². The minimum Gasteiger partial charge on any atom is -0.338 e. The smallest absolute Gasteiger partial charge is 0.318 e. The molecule has 2 aliphatic carbocycles. The van der Waals surface area contributed by atoms with Gasteiger partial charge in [-0.15, -0.1) is 0 Å². The fourth-order valence-corrected chi connectivity index (χ4v) is 3.94. The van der Waals surface area contributed by atoms with Gasteiger partial charge in [-0.05, 0) is 55.2 Å². The van der Waals surface area contributed by atoms with Gasteiger partial charge in [0.2, 0.25) is 0 Å². The molecule has 4 rings (SSSR count). The molecule has 1 heterocycles. The predicted molar refractivity (Wildman–Crippen MR) is 97.3 cm³/mol. The molecule has 1 fully saturated rings. The Kier molecular flexibility index (Phi) is 4.47. The van der Waals surface area contributed by atoms with Crippen molar-refractivity contribution in [3.8, 4) is 0 Å². The number of amides is 2. The maximum absolute atomic E-state index is 12.9. The number of fused-ring (bicyclic) bond motifs is 1. The van der Waals surface area contributed by atoms with Crippen molar-refractivity contribution in [3.05, 3.63) is 53.3 Å². The minimum absolute atomic E-state index is 0.0908. The van der Waals surface area contributed by atoms with E-state index >= 15 is 0 Å². The van der Waals surface area contributed by atoms with Crippen LogP contribution in [0.25, 0.3) is 0 Å². The number of hydrogen-bond acceptors (Lipinski definition) is 2. The maximum atomic E-state index is 12.9. The lowest BCUT2D eigenvalue weighted by molar-refractivity contribution is 0.162. The summed E-state index contributed by atoms with van der Waals surface area (Å²) in [7, 11) is 1.91. The lowest BCUT2D eigenvalue weighted by Gasteiger charge is -2.36. The summed E-state index contributed by atoms with van der Waals surface area (Å²) >= 11 is 0. The Balaban J connectivity index is 1.44. The number of nitrogens with zero attached hydrogens (tertiary/aromatic N) is 3. The quantitative estimate of drug-likeness (QED) is 0.910. The van der Waals surface area contributed by atoms with E-state index in [9.17, 15) is 4.79 Å². The van der Waals surface area contributed by atoms with E-state index in [1.54, 1.807) is 4.68 Å². The van der Waals surface area contributed by atoms with Crippen molar-refractivity contribution < 1.29 is 4.79 Å². The van der Waals surface area contributed by atoms with Gasteiger partial charge in [0, 0.05) is 25.8 Å². The van der Waals surface area contributed by atoms with Crippen molar-refractivity contribution in [2.75, 3.05) is 6.54 Å². The average molecular weight is 338 g/mol. The first kappa shape index (κ1) is 16.2. The van der Waals surface area contributed by atoms with Gasteiger partial charge in [-0.2, -0.15) is 5.10 Å². The molecule has 0 aliphatic heterocycles. The van der Waals surface area contributed by atoms with Gasteiger partial charge < -0.3 is 10.2 Å². The van der Waals surface area contributed by atoms with E-state index in [1.165, 1.54) is 11.1 Å². The normalized spacial score (nSPS) is 19.3. The van der Waals surface area contributed by atoms with Gasteiger partial charge in [0.25, 0.3) is 0 Å². The van der Waals surface area contributed by atoms with Crippen molar-refractivity contribution in [2.24, 2.45) is 7.05 Å². The third-order valence-electron chi connectivity index (χ3n) is 5.30. The highest BCUT2D eigenvalue weighted by atomic mass is 16.2. The van der Waals surface area contributed by atoms with Gasteiger partial charge in [-0.1, -0.05) is 24.3 Å². The van der Waals surface area contributed by atoms with E-state index in [-0.39, 0.29) is 12.1 Å². The van der Waals surface area contributed by atoms with E-state index in [1.807, 2.05) is 19.4 Å². The summed E-state index contributed by atoms with van der Waals surface area (Å²) in [5, 5.41) is 7.32. The molecule has 0 saturated heterocycles. The molecule has 2 aromatic rings. The number of rotatable bonds is 5. The summed E-state index contributed by atoms with van der Waals surface area (Å²) in [6, 6.07) is 9.36. The van der Waals surface area contributed by atoms with Gasteiger partial charge in [-0.3, -0.25) is 4.68 Å². The Labute approximate surface area is 149 Å². The Morgan fingerprint density at radius 1 is 1.32 bits per heavy atom. The predicted octanol–water partition coefficient (Wildman–Crippen LogP) is 3.21. The van der Waals surface area contributed by atoms with Crippen LogP contribution in [0.4, 0.5) is 4.79 Å². The van der Waals surface area contributed by atoms with Crippen LogP contribution < -0.4 is 5.32 Å². The monoisotopic (exact) mass is 338 g/mol. The van der Waals surface area contributed by atoms with E-state index in [0.29, 0.717) is 12.6 Å². The molecule has 1 aromatic carbocycles. The number of aryl methyl sites for hydroxylation is 2. The maximum Gasteiger partial charge on any atom is 0.318 e. The lowest BCUT2D eigenvalue weighted by atomic mass is 9.87. The highest BCUT2D eigenvalue weighted by Gasteiger charge is 2.39. The number of nitrogens with one attached hydrogen (secondary N) is 1. The average Bonchev–Trinajstić information content (AvgIpc) is 3.37. The third-order valence-corrected chi connectivity index (χ3v) is 5.30. The molecule has 2 aliphatic rings. The molecule has 1 saturated carbocycles. The zero-order valence-corrected chi connectivity index (χ0v) is 14.8. The number of urea groups is 1. The first-order valence-electron chi connectivity index (χ1n) is 9.34. The van der Waals surface area contributed by atoms with Gasteiger partial charge in [0.15, 0.2) is 0 Å². The van der Waals surface area contributed by atoms with E-state index in [2.05, 4.69) is 39.6 Å². The van der Waals surface area contributed by atoms with Crippen molar-refractivity contribution in [2.45, 2.75) is 50.6 Å². The number of hydrogen-bond donors (Lipinski definition) is 1. The number of aromatic nitrogens is 2. The highest BCUT2D eigenvalue weighted by Crippen LogP contribution is 2.40. The van der Waals surface area contributed by atoms with Gasteiger partial charge in [0.1, 0.15) is 0 Å². The van der Waals surface area contributed by atoms with Crippen LogP contribution in [0.3, 0.4) is 0 Å². The molecular weight excluding hydrogens is 312 g/mol. The van der Waals surface area contributed by atoms with Crippen LogP contribution in [-0.2, 0) is 19.9 Å². The van der Waals surface area contributed by atoms with Crippen LogP contribution in [0.15, 0.2) is 36.7 Å². The Morgan fingerprint density at radius 3 is 2.92 bits per heavy atom. The van der Waals surface area contributed by atoms with E-state index in [0.717, 1.165) is 44.1 Å². The topological polar surface area (TPSA) is 50.2 Å². The van der Waals surface area contributed by atoms with Gasteiger partial charge in [0.05, 0.1) is 12.2 Å². The first-order valence-corrected chi connectivity index (χ1v) is 9.34. The fourth-order valence-electron chi connectivity index (χ4n) is 3.94. The highest BCUT2D eigenvalue weighted by molar-refractivity contribution is 5.75. The Bertz CT molecular complexity index is 750. The summed E-state index contributed by atoms with van der Waals surface area (Å²) < 4.78 is 1.80. The molecule has 2 amide bonds. The van der Waals surface area contributed by atoms with Crippen LogP contribution >= 0.6 is 0 Å². The second kappa shape index (κ2) is 6.90. The fraction of sp³-hybridized carbons (Fsp3) is 0.500. The minimum atomic E-state index is 0.0908. The lowest BCUT2D eigenvalue weighted by Crippen LogP contribution is -2.45. The second-order valence-corrected chi connectivity index (χ2v) is 7.25. The number of benzene rings is 1. The standard InChI is InChI=1S/C20H26N4O/c1-23-14-15(13-22-23)11-12-21-20(25)24(17-9-10-17)19-8-4-6-16-5-2-3-7-18(16)19/h2-3,5,7,13-14,17,19H,4,6,8-12H2,1H3,(H,21,25). The van der Waals surface area contributed by atoms with E-state index in [4.69, 9.17) is 0 Å². The zero-order chi connectivity index (χ0) is 17.2. The van der Waals surface area contributed by atoms with Gasteiger partial charge >= 0.3 is 6.03 Å². The van der Waals surface area contributed by atoms with Crippen molar-refractivity contribution in [3.63, 3.8) is 0 Å². The van der Waals surface area contributed by atoms with Crippen LogP contribution in [0.2, 0.25) is 0 Å². The summed E-state index contributed by atoms with van der Waals surface area (Å²) in [5.74, 6) is 0. The molecule has 1 unspecified atom stereocenters. The molecule has 5 heteroatoms. The summed E-state index contributed by atoms with van der Waals surface area (Å²) in [6.07, 6.45) is 10.3. The van der Waals surface area contributed by atoms with E-state index < -0.39 is 0 Å². The molecule has 0 radical (unpaired) electrons. The largest absolute Gasteiger partial charge is 0.338 e. The Hall–Kier alpha value is -2.30. The third kappa shape index (κ3) is 3.55. The number of carbonyl (C=O) groups excluding carboxylic acids is 1. The van der Waals surface area contributed by atoms with Crippen LogP contribution in [-0.4, -0.2) is 33.3 Å². The zero-order valence-electron chi connectivity index (χ0n) is 14.8. The molecule has 0 bridgehead atoms. The van der Waals surface area contributed by atoms with Crippen LogP contribution in [0.1, 0.15) is 48.4 Å². The van der Waals surface area contributed by atoms with Gasteiger partial charge in [-0.25, -0.2) is 4.79 Å². The summed E-state index contributed by atoms with van der Waals surface area (Å²) in [6.45, 7) is 0.655. The van der Waals surface area contributed by atoms with Crippen molar-refractivity contribution in [1.29, 1.82) is 0 Å². The molecule has 132 valence electrons. The van der Waals surface area contributed by atoms with Crippen LogP contribution in [0, 0.1) is 0 Å².